The molecule has 0 aliphatic carbocycles. The number of carbonyl (C=O) groups excluding carboxylic acids is 1. The topological polar surface area (TPSA) is 38.8 Å². The summed E-state index contributed by atoms with van der Waals surface area (Å²) in [4.78, 5) is 19.5. The third kappa shape index (κ3) is 5.98. The lowest BCUT2D eigenvalue weighted by Gasteiger charge is -2.36. The van der Waals surface area contributed by atoms with Crippen molar-refractivity contribution in [2.24, 2.45) is 0 Å². The molecule has 29 heavy (non-hydrogen) atoms. The van der Waals surface area contributed by atoms with E-state index in [0.717, 1.165) is 63.0 Å². The van der Waals surface area contributed by atoms with Crippen LogP contribution in [0.3, 0.4) is 0 Å². The Bertz CT molecular complexity index is 769. The number of thioether (sulfide) groups is 1. The molecule has 5 nitrogen and oxygen atoms in total. The van der Waals surface area contributed by atoms with Crippen LogP contribution in [0, 0.1) is 0 Å². The van der Waals surface area contributed by atoms with Gasteiger partial charge in [-0.1, -0.05) is 30.3 Å². The van der Waals surface area contributed by atoms with Crippen molar-refractivity contribution in [3.05, 3.63) is 60.2 Å². The number of carbonyl (C=O) groups is 1. The standard InChI is InChI=1S/C23H30N4OS/c28-23(19-26-14-16-29-17-15-26)24-21-6-8-22(9-7-21)27-12-10-25(11-13-27)18-20-4-2-1-3-5-20/h1-9H,10-19H2,(H,24,28). The zero-order valence-electron chi connectivity index (χ0n) is 16.9. The van der Waals surface area contributed by atoms with Crippen LogP contribution in [0.25, 0.3) is 0 Å². The number of nitrogens with one attached hydrogen (secondary N) is 1. The maximum atomic E-state index is 12.3. The Morgan fingerprint density at radius 1 is 0.828 bits per heavy atom. The van der Waals surface area contributed by atoms with Crippen LogP contribution in [0.1, 0.15) is 5.56 Å². The second-order valence-corrected chi connectivity index (χ2v) is 8.96. The molecule has 0 unspecified atom stereocenters. The maximum absolute atomic E-state index is 12.3. The zero-order chi connectivity index (χ0) is 19.9. The van der Waals surface area contributed by atoms with Gasteiger partial charge in [-0.05, 0) is 29.8 Å². The summed E-state index contributed by atoms with van der Waals surface area (Å²) >= 11 is 1.96. The van der Waals surface area contributed by atoms with Crippen molar-refractivity contribution in [1.82, 2.24) is 9.80 Å². The fraction of sp³-hybridized carbons (Fsp3) is 0.435. The molecule has 2 fully saturated rings. The average molecular weight is 411 g/mol. The number of hydrogen-bond acceptors (Lipinski definition) is 5. The molecule has 2 heterocycles. The molecule has 2 aliphatic rings. The van der Waals surface area contributed by atoms with Gasteiger partial charge in [-0.25, -0.2) is 0 Å². The van der Waals surface area contributed by atoms with Crippen LogP contribution in [0.15, 0.2) is 54.6 Å². The van der Waals surface area contributed by atoms with E-state index in [2.05, 4.69) is 62.5 Å². The summed E-state index contributed by atoms with van der Waals surface area (Å²) in [5.74, 6) is 2.33. The Kier molecular flexibility index (Phi) is 7.09. The minimum absolute atomic E-state index is 0.0826. The fourth-order valence-electron chi connectivity index (χ4n) is 3.92. The average Bonchev–Trinajstić information content (AvgIpc) is 2.76. The molecule has 2 aromatic rings. The number of anilines is 2. The number of nitrogens with zero attached hydrogens (tertiary/aromatic N) is 3. The van der Waals surface area contributed by atoms with Crippen LogP contribution in [0.4, 0.5) is 11.4 Å². The van der Waals surface area contributed by atoms with Crippen molar-refractivity contribution in [2.45, 2.75) is 6.54 Å². The Hall–Kier alpha value is -2.02. The Morgan fingerprint density at radius 3 is 2.21 bits per heavy atom. The van der Waals surface area contributed by atoms with E-state index in [1.165, 1.54) is 11.3 Å². The van der Waals surface area contributed by atoms with Crippen molar-refractivity contribution in [3.8, 4) is 0 Å². The third-order valence-electron chi connectivity index (χ3n) is 5.61. The van der Waals surface area contributed by atoms with Crippen molar-refractivity contribution in [3.63, 3.8) is 0 Å². The lowest BCUT2D eigenvalue weighted by atomic mass is 10.2. The number of rotatable bonds is 6. The Balaban J connectivity index is 1.23. The smallest absolute Gasteiger partial charge is 0.238 e. The first-order valence-corrected chi connectivity index (χ1v) is 11.6. The Labute approximate surface area is 178 Å². The van der Waals surface area contributed by atoms with Gasteiger partial charge in [0.05, 0.1) is 6.54 Å². The maximum Gasteiger partial charge on any atom is 0.238 e. The van der Waals surface area contributed by atoms with Gasteiger partial charge in [0, 0.05) is 68.7 Å². The van der Waals surface area contributed by atoms with E-state index in [1.54, 1.807) is 0 Å². The van der Waals surface area contributed by atoms with Gasteiger partial charge < -0.3 is 10.2 Å². The molecule has 0 bridgehead atoms. The van der Waals surface area contributed by atoms with E-state index < -0.39 is 0 Å². The molecule has 4 rings (SSSR count). The van der Waals surface area contributed by atoms with E-state index in [0.29, 0.717) is 6.54 Å². The van der Waals surface area contributed by atoms with Crippen molar-refractivity contribution >= 4 is 29.0 Å². The van der Waals surface area contributed by atoms with Gasteiger partial charge in [0.25, 0.3) is 0 Å². The first kappa shape index (κ1) is 20.3. The number of amides is 1. The molecule has 6 heteroatoms. The molecule has 0 spiro atoms. The molecule has 154 valence electrons. The molecule has 0 radical (unpaired) electrons. The lowest BCUT2D eigenvalue weighted by Crippen LogP contribution is -2.45. The molecular formula is C23H30N4OS. The van der Waals surface area contributed by atoms with E-state index in [4.69, 9.17) is 0 Å². The van der Waals surface area contributed by atoms with Gasteiger partial charge in [-0.15, -0.1) is 0 Å². The summed E-state index contributed by atoms with van der Waals surface area (Å²) in [7, 11) is 0. The third-order valence-corrected chi connectivity index (χ3v) is 6.55. The molecule has 1 amide bonds. The summed E-state index contributed by atoms with van der Waals surface area (Å²) in [5.41, 5.74) is 3.49. The second kappa shape index (κ2) is 10.1. The number of hydrogen-bond donors (Lipinski definition) is 1. The summed E-state index contributed by atoms with van der Waals surface area (Å²) in [6.07, 6.45) is 0. The van der Waals surface area contributed by atoms with E-state index in [1.807, 2.05) is 23.9 Å². The largest absolute Gasteiger partial charge is 0.369 e. The zero-order valence-corrected chi connectivity index (χ0v) is 17.7. The first-order chi connectivity index (χ1) is 14.3. The van der Waals surface area contributed by atoms with Crippen LogP contribution < -0.4 is 10.2 Å². The van der Waals surface area contributed by atoms with Gasteiger partial charge in [-0.3, -0.25) is 14.6 Å². The summed E-state index contributed by atoms with van der Waals surface area (Å²) in [6.45, 7) is 7.74. The van der Waals surface area contributed by atoms with Gasteiger partial charge >= 0.3 is 0 Å². The summed E-state index contributed by atoms with van der Waals surface area (Å²) in [5, 5.41) is 3.04. The van der Waals surface area contributed by atoms with Gasteiger partial charge in [0.1, 0.15) is 0 Å². The van der Waals surface area contributed by atoms with Crippen LogP contribution in [0.2, 0.25) is 0 Å². The predicted octanol–water partition coefficient (Wildman–Crippen LogP) is 3.00. The lowest BCUT2D eigenvalue weighted by molar-refractivity contribution is -0.117. The highest BCUT2D eigenvalue weighted by Crippen LogP contribution is 2.20. The Morgan fingerprint density at radius 2 is 1.52 bits per heavy atom. The monoisotopic (exact) mass is 410 g/mol. The number of benzene rings is 2. The highest BCUT2D eigenvalue weighted by Gasteiger charge is 2.18. The molecule has 0 saturated carbocycles. The van der Waals surface area contributed by atoms with Gasteiger partial charge in [0.2, 0.25) is 5.91 Å². The van der Waals surface area contributed by atoms with Crippen molar-refractivity contribution < 1.29 is 4.79 Å². The predicted molar refractivity (Wildman–Crippen MR) is 123 cm³/mol. The van der Waals surface area contributed by atoms with E-state index in [-0.39, 0.29) is 5.91 Å². The van der Waals surface area contributed by atoms with Crippen LogP contribution >= 0.6 is 11.8 Å². The van der Waals surface area contributed by atoms with Gasteiger partial charge in [0.15, 0.2) is 0 Å². The molecule has 0 aromatic heterocycles. The SMILES string of the molecule is O=C(CN1CCSCC1)Nc1ccc(N2CCN(Cc3ccccc3)CC2)cc1. The highest BCUT2D eigenvalue weighted by molar-refractivity contribution is 7.99. The van der Waals surface area contributed by atoms with Crippen LogP contribution in [-0.4, -0.2) is 73.0 Å². The van der Waals surface area contributed by atoms with Crippen molar-refractivity contribution in [1.29, 1.82) is 0 Å². The molecule has 2 aromatic carbocycles. The molecule has 2 aliphatic heterocycles. The van der Waals surface area contributed by atoms with E-state index >= 15 is 0 Å². The second-order valence-electron chi connectivity index (χ2n) is 7.73. The fourth-order valence-corrected chi connectivity index (χ4v) is 4.90. The minimum Gasteiger partial charge on any atom is -0.369 e. The highest BCUT2D eigenvalue weighted by atomic mass is 32.2. The normalized spacial score (nSPS) is 18.6. The summed E-state index contributed by atoms with van der Waals surface area (Å²) < 4.78 is 0. The first-order valence-electron chi connectivity index (χ1n) is 10.5. The quantitative estimate of drug-likeness (QED) is 0.793. The summed E-state index contributed by atoms with van der Waals surface area (Å²) in [6, 6.07) is 19.0. The van der Waals surface area contributed by atoms with E-state index in [9.17, 15) is 4.79 Å². The number of piperazine rings is 1. The van der Waals surface area contributed by atoms with Gasteiger partial charge in [-0.2, -0.15) is 11.8 Å². The van der Waals surface area contributed by atoms with Crippen LogP contribution in [-0.2, 0) is 11.3 Å². The molecule has 1 N–H and O–H groups in total. The molecule has 2 saturated heterocycles. The van der Waals surface area contributed by atoms with Crippen LogP contribution in [0.5, 0.6) is 0 Å². The van der Waals surface area contributed by atoms with Crippen molar-refractivity contribution in [2.75, 3.05) is 67.5 Å². The minimum atomic E-state index is 0.0826. The molecular weight excluding hydrogens is 380 g/mol. The molecule has 0 atom stereocenters.